The monoisotopic (exact) mass is 543 g/mol. The van der Waals surface area contributed by atoms with E-state index >= 15 is 0 Å². The van der Waals surface area contributed by atoms with Crippen LogP contribution in [0.15, 0.2) is 56.5 Å². The number of ether oxygens (including phenoxy) is 2. The van der Waals surface area contributed by atoms with Gasteiger partial charge in [-0.1, -0.05) is 59.5 Å². The molecule has 0 spiro atoms. The summed E-state index contributed by atoms with van der Waals surface area (Å²) in [5, 5.41) is 0. The maximum absolute atomic E-state index is 14.6. The molecule has 2 aromatic carbocycles. The van der Waals surface area contributed by atoms with Crippen LogP contribution in [0.1, 0.15) is 35.3 Å². The highest BCUT2D eigenvalue weighted by atomic mass is 32.2. The summed E-state index contributed by atoms with van der Waals surface area (Å²) in [6, 6.07) is 11.4. The maximum Gasteiger partial charge on any atom is 0.346 e. The van der Waals surface area contributed by atoms with Crippen LogP contribution >= 0.6 is 35.7 Å². The van der Waals surface area contributed by atoms with Gasteiger partial charge in [-0.15, -0.1) is 0 Å². The number of methoxy groups -OCH3 is 2. The topological polar surface area (TPSA) is 72.9 Å². The number of esters is 2. The van der Waals surface area contributed by atoms with Crippen molar-refractivity contribution in [3.63, 3.8) is 0 Å². The highest BCUT2D eigenvalue weighted by Gasteiger charge is 2.46. The van der Waals surface area contributed by atoms with Gasteiger partial charge in [-0.2, -0.15) is 0 Å². The Kier molecular flexibility index (Phi) is 7.14. The van der Waals surface area contributed by atoms with Gasteiger partial charge in [0.2, 0.25) is 0 Å². The summed E-state index contributed by atoms with van der Waals surface area (Å²) in [7, 11) is 2.47. The Labute approximate surface area is 221 Å². The van der Waals surface area contributed by atoms with Crippen LogP contribution < -0.4 is 4.90 Å². The van der Waals surface area contributed by atoms with E-state index in [1.165, 1.54) is 37.3 Å². The molecule has 4 rings (SSSR count). The van der Waals surface area contributed by atoms with Crippen molar-refractivity contribution in [3.8, 4) is 0 Å². The molecule has 0 saturated heterocycles. The summed E-state index contributed by atoms with van der Waals surface area (Å²) in [5.41, 5.74) is 1.62. The normalized spacial score (nSPS) is 16.7. The molecule has 0 saturated carbocycles. The molecule has 0 atom stereocenters. The van der Waals surface area contributed by atoms with Gasteiger partial charge >= 0.3 is 11.9 Å². The number of nitrogens with zero attached hydrogens (tertiary/aromatic N) is 1. The summed E-state index contributed by atoms with van der Waals surface area (Å²) in [5.74, 6) is -2.47. The van der Waals surface area contributed by atoms with Crippen LogP contribution in [-0.2, 0) is 19.1 Å². The molecule has 2 aromatic rings. The lowest BCUT2D eigenvalue weighted by molar-refractivity contribution is -0.138. The molecule has 186 valence electrons. The molecule has 2 aliphatic rings. The number of thiocarbonyl (C=S) groups is 1. The number of carbonyl (C=O) groups is 3. The lowest BCUT2D eigenvalue weighted by atomic mass is 9.82. The number of amides is 1. The highest BCUT2D eigenvalue weighted by Crippen LogP contribution is 2.56. The Balaban J connectivity index is 1.93. The van der Waals surface area contributed by atoms with Crippen molar-refractivity contribution in [2.24, 2.45) is 0 Å². The molecule has 0 bridgehead atoms. The summed E-state index contributed by atoms with van der Waals surface area (Å²) in [6.45, 7) is 5.48. The van der Waals surface area contributed by atoms with Crippen LogP contribution in [0.2, 0.25) is 0 Å². The fourth-order valence-electron chi connectivity index (χ4n) is 4.05. The largest absolute Gasteiger partial charge is 0.465 e. The molecule has 10 heteroatoms. The first-order valence-electron chi connectivity index (χ1n) is 10.8. The van der Waals surface area contributed by atoms with E-state index in [0.717, 1.165) is 29.1 Å². The first kappa shape index (κ1) is 26.1. The van der Waals surface area contributed by atoms with E-state index in [9.17, 15) is 18.8 Å². The number of halogens is 1. The van der Waals surface area contributed by atoms with E-state index < -0.39 is 29.2 Å². The maximum atomic E-state index is 14.6. The summed E-state index contributed by atoms with van der Waals surface area (Å²) >= 11 is 8.10. The Morgan fingerprint density at radius 3 is 2.11 bits per heavy atom. The first-order valence-corrected chi connectivity index (χ1v) is 12.8. The minimum atomic E-state index is -1.04. The molecule has 36 heavy (non-hydrogen) atoms. The second-order valence-electron chi connectivity index (χ2n) is 8.54. The van der Waals surface area contributed by atoms with Gasteiger partial charge in [-0.05, 0) is 45.0 Å². The van der Waals surface area contributed by atoms with Gasteiger partial charge in [0.15, 0.2) is 0 Å². The Hall–Kier alpha value is -2.95. The van der Waals surface area contributed by atoms with Crippen LogP contribution in [0.4, 0.5) is 10.1 Å². The number of aryl methyl sites for hydroxylation is 1. The first-order chi connectivity index (χ1) is 17.0. The average Bonchev–Trinajstić information content (AvgIpc) is 3.29. The predicted octanol–water partition coefficient (Wildman–Crippen LogP) is 5.65. The highest BCUT2D eigenvalue weighted by molar-refractivity contribution is 8.29. The standard InChI is InChI=1S/C26H22FNO5S3/c1-13-10-11-17-15(12-13)18(25-35-19(23(30)32-4)20(36-25)24(31)33-5)21(34)26(2,3)28(17)22(29)14-8-6-7-9-16(14)27/h6-12H,1-5H3. The van der Waals surface area contributed by atoms with Crippen LogP contribution in [-0.4, -0.2) is 42.5 Å². The van der Waals surface area contributed by atoms with Gasteiger partial charge in [-0.3, -0.25) is 9.69 Å². The van der Waals surface area contributed by atoms with Gasteiger partial charge < -0.3 is 9.47 Å². The van der Waals surface area contributed by atoms with Gasteiger partial charge in [0, 0.05) is 11.1 Å². The van der Waals surface area contributed by atoms with Gasteiger partial charge in [-0.25, -0.2) is 14.0 Å². The number of carbonyl (C=O) groups excluding carboxylic acids is 3. The van der Waals surface area contributed by atoms with E-state index in [1.54, 1.807) is 26.0 Å². The number of hydrogen-bond acceptors (Lipinski definition) is 8. The molecule has 0 unspecified atom stereocenters. The third-order valence-electron chi connectivity index (χ3n) is 5.85. The van der Waals surface area contributed by atoms with Crippen molar-refractivity contribution in [1.82, 2.24) is 0 Å². The van der Waals surface area contributed by atoms with Crippen molar-refractivity contribution in [2.75, 3.05) is 19.1 Å². The van der Waals surface area contributed by atoms with Crippen LogP contribution in [0.5, 0.6) is 0 Å². The number of hydrogen-bond donors (Lipinski definition) is 0. The molecule has 0 aliphatic carbocycles. The smallest absolute Gasteiger partial charge is 0.346 e. The van der Waals surface area contributed by atoms with Crippen molar-refractivity contribution in [2.45, 2.75) is 26.3 Å². The van der Waals surface area contributed by atoms with Crippen molar-refractivity contribution < 1.29 is 28.2 Å². The lowest BCUT2D eigenvalue weighted by Crippen LogP contribution is -2.56. The Morgan fingerprint density at radius 2 is 1.56 bits per heavy atom. The van der Waals surface area contributed by atoms with Crippen molar-refractivity contribution in [3.05, 3.63) is 79.0 Å². The Bertz CT molecular complexity index is 1370. The van der Waals surface area contributed by atoms with E-state index in [1.807, 2.05) is 19.1 Å². The van der Waals surface area contributed by atoms with E-state index in [-0.39, 0.29) is 15.4 Å². The zero-order valence-corrected chi connectivity index (χ0v) is 22.6. The molecule has 6 nitrogen and oxygen atoms in total. The lowest BCUT2D eigenvalue weighted by Gasteiger charge is -2.45. The molecule has 2 aliphatic heterocycles. The zero-order valence-electron chi connectivity index (χ0n) is 20.1. The third-order valence-corrected chi connectivity index (χ3v) is 9.11. The van der Waals surface area contributed by atoms with Crippen molar-refractivity contribution in [1.29, 1.82) is 0 Å². The van der Waals surface area contributed by atoms with E-state index in [4.69, 9.17) is 21.7 Å². The fourth-order valence-corrected chi connectivity index (χ4v) is 7.09. The minimum Gasteiger partial charge on any atom is -0.465 e. The summed E-state index contributed by atoms with van der Waals surface area (Å²) in [6.07, 6.45) is 0. The molecule has 0 N–H and O–H groups in total. The molecule has 0 aromatic heterocycles. The number of rotatable bonds is 3. The van der Waals surface area contributed by atoms with Crippen LogP contribution in [0, 0.1) is 12.7 Å². The average molecular weight is 544 g/mol. The van der Waals surface area contributed by atoms with Gasteiger partial charge in [0.1, 0.15) is 15.6 Å². The summed E-state index contributed by atoms with van der Waals surface area (Å²) < 4.78 is 25.0. The zero-order chi connectivity index (χ0) is 26.4. The number of anilines is 1. The van der Waals surface area contributed by atoms with E-state index in [2.05, 4.69) is 0 Å². The van der Waals surface area contributed by atoms with Crippen molar-refractivity contribution >= 4 is 69.7 Å². The molecular formula is C26H22FNO5S3. The molecule has 1 amide bonds. The number of fused-ring (bicyclic) bond motifs is 1. The van der Waals surface area contributed by atoms with Crippen LogP contribution in [0.25, 0.3) is 5.57 Å². The summed E-state index contributed by atoms with van der Waals surface area (Å²) in [4.78, 5) is 40.7. The third kappa shape index (κ3) is 4.27. The minimum absolute atomic E-state index is 0.0664. The molecular weight excluding hydrogens is 521 g/mol. The molecule has 2 heterocycles. The second-order valence-corrected chi connectivity index (χ2v) is 11.2. The quantitative estimate of drug-likeness (QED) is 0.279. The second kappa shape index (κ2) is 9.84. The van der Waals surface area contributed by atoms with Gasteiger partial charge in [0.25, 0.3) is 5.91 Å². The SMILES string of the molecule is COC(=O)C1=C(C(=O)OC)SC(=C2C(=S)C(C)(C)N(C(=O)c3ccccc3F)c3ccc(C)cc32)S1. The number of thioether (sulfide) groups is 2. The number of benzene rings is 2. The van der Waals surface area contributed by atoms with Crippen LogP contribution in [0.3, 0.4) is 0 Å². The fraction of sp³-hybridized carbons (Fsp3) is 0.231. The molecule has 0 fully saturated rings. The van der Waals surface area contributed by atoms with E-state index in [0.29, 0.717) is 25.9 Å². The Morgan fingerprint density at radius 1 is 0.972 bits per heavy atom. The molecule has 0 radical (unpaired) electrons. The van der Waals surface area contributed by atoms with Gasteiger partial charge in [0.05, 0.1) is 40.1 Å². The predicted molar refractivity (Wildman–Crippen MR) is 144 cm³/mol.